The molecule has 0 spiro atoms. The first-order chi connectivity index (χ1) is 8.25. The first kappa shape index (κ1) is 10.9. The number of nitrogens with one attached hydrogen (secondary N) is 1. The second-order valence-electron chi connectivity index (χ2n) is 4.12. The van der Waals surface area contributed by atoms with Crippen LogP contribution in [0, 0.1) is 0 Å². The number of hydrogen-bond acceptors (Lipinski definition) is 2. The number of halogens is 2. The number of imidazole rings is 1. The van der Waals surface area contributed by atoms with Crippen molar-refractivity contribution in [2.45, 2.75) is 18.9 Å². The molecule has 1 N–H and O–H groups in total. The van der Waals surface area contributed by atoms with E-state index in [-0.39, 0.29) is 0 Å². The molecule has 1 heterocycles. The molecule has 3 rings (SSSR count). The summed E-state index contributed by atoms with van der Waals surface area (Å²) in [7, 11) is 0. The molecule has 0 amide bonds. The Hall–Kier alpha value is -1.19. The van der Waals surface area contributed by atoms with Crippen molar-refractivity contribution in [2.75, 3.05) is 5.32 Å². The molecule has 1 fully saturated rings. The first-order valence-corrected chi connectivity index (χ1v) is 6.25. The third kappa shape index (κ3) is 2.13. The van der Waals surface area contributed by atoms with Gasteiger partial charge in [-0.1, -0.05) is 29.3 Å². The topological polar surface area (TPSA) is 29.9 Å². The molecule has 0 unspecified atom stereocenters. The van der Waals surface area contributed by atoms with Crippen LogP contribution in [0.3, 0.4) is 0 Å². The highest BCUT2D eigenvalue weighted by Gasteiger charge is 2.25. The minimum absolute atomic E-state index is 0.527. The van der Waals surface area contributed by atoms with E-state index in [0.717, 1.165) is 11.6 Å². The lowest BCUT2D eigenvalue weighted by Gasteiger charge is -2.10. The van der Waals surface area contributed by atoms with Gasteiger partial charge in [0.15, 0.2) is 0 Å². The average molecular weight is 268 g/mol. The van der Waals surface area contributed by atoms with E-state index in [4.69, 9.17) is 23.2 Å². The maximum atomic E-state index is 6.13. The Kier molecular flexibility index (Phi) is 2.73. The molecule has 1 aromatic carbocycles. The molecule has 1 aliphatic rings. The number of aromatic nitrogens is 2. The van der Waals surface area contributed by atoms with Crippen molar-refractivity contribution in [3.05, 3.63) is 40.6 Å². The highest BCUT2D eigenvalue weighted by molar-refractivity contribution is 6.43. The fourth-order valence-corrected chi connectivity index (χ4v) is 2.13. The van der Waals surface area contributed by atoms with E-state index >= 15 is 0 Å². The molecule has 5 heteroatoms. The predicted octanol–water partition coefficient (Wildman–Crippen LogP) is 4.27. The quantitative estimate of drug-likeness (QED) is 0.900. The number of hydrogen-bond donors (Lipinski definition) is 1. The molecule has 1 aliphatic carbocycles. The van der Waals surface area contributed by atoms with E-state index in [1.807, 2.05) is 18.3 Å². The van der Waals surface area contributed by atoms with Crippen LogP contribution in [0.15, 0.2) is 30.6 Å². The van der Waals surface area contributed by atoms with Gasteiger partial charge < -0.3 is 9.88 Å². The van der Waals surface area contributed by atoms with Gasteiger partial charge in [0.1, 0.15) is 0 Å². The zero-order valence-corrected chi connectivity index (χ0v) is 10.5. The largest absolute Gasteiger partial charge is 0.324 e. The predicted molar refractivity (Wildman–Crippen MR) is 70.2 cm³/mol. The molecule has 0 atom stereocenters. The van der Waals surface area contributed by atoms with Crippen molar-refractivity contribution in [2.24, 2.45) is 0 Å². The molecule has 0 saturated heterocycles. The van der Waals surface area contributed by atoms with Gasteiger partial charge in [-0.15, -0.1) is 0 Å². The van der Waals surface area contributed by atoms with Gasteiger partial charge in [0, 0.05) is 18.4 Å². The van der Waals surface area contributed by atoms with E-state index in [2.05, 4.69) is 14.9 Å². The Bertz CT molecular complexity index is 546. The fraction of sp³-hybridized carbons (Fsp3) is 0.250. The molecular formula is C12H11Cl2N3. The van der Waals surface area contributed by atoms with Gasteiger partial charge >= 0.3 is 0 Å². The molecule has 2 aromatic rings. The summed E-state index contributed by atoms with van der Waals surface area (Å²) in [4.78, 5) is 4.29. The number of anilines is 2. The van der Waals surface area contributed by atoms with Crippen LogP contribution in [-0.4, -0.2) is 9.55 Å². The van der Waals surface area contributed by atoms with E-state index in [1.54, 1.807) is 12.3 Å². The van der Waals surface area contributed by atoms with E-state index in [1.165, 1.54) is 12.8 Å². The minimum atomic E-state index is 0.527. The summed E-state index contributed by atoms with van der Waals surface area (Å²) >= 11 is 12.1. The van der Waals surface area contributed by atoms with Crippen LogP contribution in [-0.2, 0) is 0 Å². The Balaban J connectivity index is 1.91. The molecule has 17 heavy (non-hydrogen) atoms. The lowest BCUT2D eigenvalue weighted by molar-refractivity contribution is 0.751. The van der Waals surface area contributed by atoms with Crippen molar-refractivity contribution in [3.8, 4) is 0 Å². The average Bonchev–Trinajstić information content (AvgIpc) is 3.06. The second-order valence-corrected chi connectivity index (χ2v) is 4.90. The molecule has 0 bridgehead atoms. The molecule has 1 aromatic heterocycles. The second kappa shape index (κ2) is 4.24. The maximum absolute atomic E-state index is 6.13. The maximum Gasteiger partial charge on any atom is 0.207 e. The van der Waals surface area contributed by atoms with Crippen LogP contribution in [0.2, 0.25) is 10.0 Å². The molecular weight excluding hydrogens is 257 g/mol. The Morgan fingerprint density at radius 2 is 2.12 bits per heavy atom. The summed E-state index contributed by atoms with van der Waals surface area (Å²) in [6.45, 7) is 0. The van der Waals surface area contributed by atoms with Gasteiger partial charge in [0.2, 0.25) is 5.95 Å². The summed E-state index contributed by atoms with van der Waals surface area (Å²) in [5.41, 5.74) is 0.785. The lowest BCUT2D eigenvalue weighted by Crippen LogP contribution is -2.01. The van der Waals surface area contributed by atoms with Gasteiger partial charge in [-0.25, -0.2) is 4.98 Å². The molecule has 0 aliphatic heterocycles. The van der Waals surface area contributed by atoms with Gasteiger partial charge in [-0.3, -0.25) is 0 Å². The molecule has 88 valence electrons. The summed E-state index contributed by atoms with van der Waals surface area (Å²) in [5, 5.41) is 4.29. The summed E-state index contributed by atoms with van der Waals surface area (Å²) in [5.74, 6) is 0.816. The van der Waals surface area contributed by atoms with Gasteiger partial charge in [0.25, 0.3) is 0 Å². The molecule has 3 nitrogen and oxygen atoms in total. The summed E-state index contributed by atoms with van der Waals surface area (Å²) < 4.78 is 2.14. The van der Waals surface area contributed by atoms with Crippen LogP contribution < -0.4 is 5.32 Å². The van der Waals surface area contributed by atoms with Crippen LogP contribution in [0.4, 0.5) is 11.6 Å². The molecule has 0 radical (unpaired) electrons. The van der Waals surface area contributed by atoms with E-state index < -0.39 is 0 Å². The van der Waals surface area contributed by atoms with Crippen molar-refractivity contribution in [3.63, 3.8) is 0 Å². The highest BCUT2D eigenvalue weighted by Crippen LogP contribution is 2.38. The van der Waals surface area contributed by atoms with E-state index in [9.17, 15) is 0 Å². The SMILES string of the molecule is Clc1cccc(Nc2nccn2C2CC2)c1Cl. The Labute approximate surface area is 109 Å². The number of nitrogens with zero attached hydrogens (tertiary/aromatic N) is 2. The van der Waals surface area contributed by atoms with Crippen LogP contribution in [0.25, 0.3) is 0 Å². The number of rotatable bonds is 3. The zero-order chi connectivity index (χ0) is 11.8. The van der Waals surface area contributed by atoms with Gasteiger partial charge in [0.05, 0.1) is 15.7 Å². The Morgan fingerprint density at radius 3 is 2.88 bits per heavy atom. The monoisotopic (exact) mass is 267 g/mol. The van der Waals surface area contributed by atoms with Crippen LogP contribution in [0.1, 0.15) is 18.9 Å². The fourth-order valence-electron chi connectivity index (χ4n) is 1.78. The lowest BCUT2D eigenvalue weighted by atomic mass is 10.3. The normalized spacial score (nSPS) is 14.9. The summed E-state index contributed by atoms with van der Waals surface area (Å²) in [6, 6.07) is 6.10. The van der Waals surface area contributed by atoms with Crippen molar-refractivity contribution in [1.82, 2.24) is 9.55 Å². The zero-order valence-electron chi connectivity index (χ0n) is 9.03. The summed E-state index contributed by atoms with van der Waals surface area (Å²) in [6.07, 6.45) is 6.21. The number of benzene rings is 1. The third-order valence-electron chi connectivity index (χ3n) is 2.81. The Morgan fingerprint density at radius 1 is 1.29 bits per heavy atom. The standard InChI is InChI=1S/C12H11Cl2N3/c13-9-2-1-3-10(11(9)14)16-12-15-6-7-17(12)8-4-5-8/h1-3,6-8H,4-5H2,(H,15,16). The molecule has 1 saturated carbocycles. The minimum Gasteiger partial charge on any atom is -0.324 e. The van der Waals surface area contributed by atoms with Crippen molar-refractivity contribution < 1.29 is 0 Å². The van der Waals surface area contributed by atoms with Gasteiger partial charge in [-0.2, -0.15) is 0 Å². The van der Waals surface area contributed by atoms with Crippen LogP contribution in [0.5, 0.6) is 0 Å². The highest BCUT2D eigenvalue weighted by atomic mass is 35.5. The van der Waals surface area contributed by atoms with Gasteiger partial charge in [-0.05, 0) is 25.0 Å². The smallest absolute Gasteiger partial charge is 0.207 e. The third-order valence-corrected chi connectivity index (χ3v) is 3.63. The van der Waals surface area contributed by atoms with Crippen LogP contribution >= 0.6 is 23.2 Å². The van der Waals surface area contributed by atoms with Crippen molar-refractivity contribution >= 4 is 34.8 Å². The van der Waals surface area contributed by atoms with Crippen molar-refractivity contribution in [1.29, 1.82) is 0 Å². The van der Waals surface area contributed by atoms with E-state index in [0.29, 0.717) is 16.1 Å². The first-order valence-electron chi connectivity index (χ1n) is 5.49.